The van der Waals surface area contributed by atoms with Crippen molar-refractivity contribution in [3.63, 3.8) is 0 Å². The predicted octanol–water partition coefficient (Wildman–Crippen LogP) is 6.69. The van der Waals surface area contributed by atoms with Gasteiger partial charge in [-0.1, -0.05) is 24.3 Å². The minimum absolute atomic E-state index is 0.0117. The van der Waals surface area contributed by atoms with Gasteiger partial charge in [-0.2, -0.15) is 26.3 Å². The van der Waals surface area contributed by atoms with Crippen LogP contribution in [0.5, 0.6) is 11.5 Å². The molecule has 168 valence electrons. The molecule has 0 unspecified atom stereocenters. The summed E-state index contributed by atoms with van der Waals surface area (Å²) >= 11 is 0. The number of carbonyl (C=O) groups excluding carboxylic acids is 1. The summed E-state index contributed by atoms with van der Waals surface area (Å²) in [7, 11) is 0. The molecule has 0 saturated heterocycles. The number of hydrogen-bond donors (Lipinski definition) is 0. The minimum Gasteiger partial charge on any atom is -0.489 e. The van der Waals surface area contributed by atoms with Gasteiger partial charge in [0.1, 0.15) is 24.7 Å². The van der Waals surface area contributed by atoms with E-state index in [0.29, 0.717) is 23.2 Å². The number of ether oxygens (including phenoxy) is 2. The van der Waals surface area contributed by atoms with Gasteiger partial charge in [-0.3, -0.25) is 4.79 Å². The Balaban J connectivity index is 1.61. The summed E-state index contributed by atoms with van der Waals surface area (Å²) in [5, 5.41) is 0. The van der Waals surface area contributed by atoms with Crippen LogP contribution in [0.1, 0.15) is 32.6 Å². The second-order valence-electron chi connectivity index (χ2n) is 6.78. The lowest BCUT2D eigenvalue weighted by Crippen LogP contribution is -2.05. The Labute approximate surface area is 179 Å². The van der Waals surface area contributed by atoms with Gasteiger partial charge in [-0.15, -0.1) is 0 Å². The number of halogens is 6. The molecule has 0 fully saturated rings. The maximum absolute atomic E-state index is 12.6. The van der Waals surface area contributed by atoms with Crippen molar-refractivity contribution < 1.29 is 40.6 Å². The third-order valence-corrected chi connectivity index (χ3v) is 4.47. The number of hydrogen-bond acceptors (Lipinski definition) is 3. The van der Waals surface area contributed by atoms with Gasteiger partial charge in [0.05, 0.1) is 16.7 Å². The Morgan fingerprint density at radius 1 is 0.656 bits per heavy atom. The largest absolute Gasteiger partial charge is 0.489 e. The van der Waals surface area contributed by atoms with E-state index in [4.69, 9.17) is 9.47 Å². The first kappa shape index (κ1) is 23.2. The first-order valence-corrected chi connectivity index (χ1v) is 9.23. The van der Waals surface area contributed by atoms with Gasteiger partial charge in [0.25, 0.3) is 0 Å². The van der Waals surface area contributed by atoms with E-state index in [0.717, 1.165) is 24.3 Å². The van der Waals surface area contributed by atoms with Gasteiger partial charge in [0.2, 0.25) is 0 Å². The fraction of sp³-hybridized carbons (Fsp3) is 0.174. The van der Waals surface area contributed by atoms with Gasteiger partial charge >= 0.3 is 12.4 Å². The van der Waals surface area contributed by atoms with Crippen LogP contribution in [0.4, 0.5) is 26.3 Å². The summed E-state index contributed by atoms with van der Waals surface area (Å²) in [5.74, 6) is 0.510. The topological polar surface area (TPSA) is 35.5 Å². The monoisotopic (exact) mass is 454 g/mol. The van der Waals surface area contributed by atoms with Crippen molar-refractivity contribution in [3.05, 3.63) is 94.5 Å². The van der Waals surface area contributed by atoms with Crippen LogP contribution in [0.15, 0.2) is 66.7 Å². The number of carbonyl (C=O) groups is 1. The first-order valence-electron chi connectivity index (χ1n) is 9.23. The Bertz CT molecular complexity index is 1060. The third kappa shape index (κ3) is 6.03. The lowest BCUT2D eigenvalue weighted by atomic mass is 10.1. The molecular weight excluding hydrogens is 438 g/mol. The number of benzene rings is 3. The zero-order valence-electron chi connectivity index (χ0n) is 16.3. The Morgan fingerprint density at radius 3 is 1.56 bits per heavy atom. The van der Waals surface area contributed by atoms with Crippen LogP contribution < -0.4 is 9.47 Å². The summed E-state index contributed by atoms with van der Waals surface area (Å²) in [6.07, 6.45) is -8.32. The molecule has 0 aliphatic heterocycles. The molecule has 0 saturated carbocycles. The molecule has 0 amide bonds. The van der Waals surface area contributed by atoms with Crippen LogP contribution in [0.3, 0.4) is 0 Å². The number of alkyl halides is 6. The van der Waals surface area contributed by atoms with Crippen molar-refractivity contribution in [2.45, 2.75) is 25.6 Å². The van der Waals surface area contributed by atoms with E-state index >= 15 is 0 Å². The van der Waals surface area contributed by atoms with E-state index in [9.17, 15) is 31.1 Å². The Hall–Kier alpha value is -3.49. The van der Waals surface area contributed by atoms with Crippen molar-refractivity contribution >= 4 is 6.29 Å². The summed E-state index contributed by atoms with van der Waals surface area (Å²) in [6, 6.07) is 13.3. The Kier molecular flexibility index (Phi) is 6.76. The van der Waals surface area contributed by atoms with Crippen LogP contribution in [0.25, 0.3) is 0 Å². The maximum atomic E-state index is 12.6. The average molecular weight is 454 g/mol. The molecule has 0 aliphatic carbocycles. The molecule has 0 aromatic heterocycles. The molecule has 3 aromatic rings. The normalized spacial score (nSPS) is 11.8. The zero-order chi connectivity index (χ0) is 23.4. The lowest BCUT2D eigenvalue weighted by Gasteiger charge is -2.12. The lowest BCUT2D eigenvalue weighted by molar-refractivity contribution is -0.138. The summed E-state index contributed by atoms with van der Waals surface area (Å²) in [6.45, 7) is -0.0626. The number of aldehydes is 1. The van der Waals surface area contributed by atoms with Crippen molar-refractivity contribution in [3.8, 4) is 11.5 Å². The van der Waals surface area contributed by atoms with Crippen molar-refractivity contribution in [2.24, 2.45) is 0 Å². The molecule has 3 nitrogen and oxygen atoms in total. The second-order valence-corrected chi connectivity index (χ2v) is 6.78. The molecule has 0 N–H and O–H groups in total. The number of rotatable bonds is 7. The smallest absolute Gasteiger partial charge is 0.416 e. The summed E-state index contributed by atoms with van der Waals surface area (Å²) < 4.78 is 86.7. The highest BCUT2D eigenvalue weighted by Gasteiger charge is 2.30. The molecule has 3 rings (SSSR count). The second kappa shape index (κ2) is 9.33. The van der Waals surface area contributed by atoms with E-state index in [2.05, 4.69) is 0 Å². The van der Waals surface area contributed by atoms with Crippen LogP contribution in [-0.4, -0.2) is 6.29 Å². The van der Waals surface area contributed by atoms with Gasteiger partial charge in [-0.25, -0.2) is 0 Å². The molecule has 0 bridgehead atoms. The highest BCUT2D eigenvalue weighted by atomic mass is 19.4. The highest BCUT2D eigenvalue weighted by Crippen LogP contribution is 2.31. The molecule has 0 spiro atoms. The van der Waals surface area contributed by atoms with Crippen LogP contribution in [0.2, 0.25) is 0 Å². The molecule has 32 heavy (non-hydrogen) atoms. The van der Waals surface area contributed by atoms with Gasteiger partial charge in [0.15, 0.2) is 6.29 Å². The molecule has 0 radical (unpaired) electrons. The minimum atomic E-state index is -4.43. The molecular formula is C23H16F6O3. The van der Waals surface area contributed by atoms with Crippen molar-refractivity contribution in [1.82, 2.24) is 0 Å². The van der Waals surface area contributed by atoms with Crippen LogP contribution >= 0.6 is 0 Å². The first-order chi connectivity index (χ1) is 15.1. The van der Waals surface area contributed by atoms with E-state index in [1.807, 2.05) is 0 Å². The zero-order valence-corrected chi connectivity index (χ0v) is 16.3. The summed E-state index contributed by atoms with van der Waals surface area (Å²) in [4.78, 5) is 11.4. The van der Waals surface area contributed by atoms with Gasteiger partial charge in [0, 0.05) is 0 Å². The molecule has 0 heterocycles. The summed E-state index contributed by atoms with van der Waals surface area (Å²) in [5.41, 5.74) is -0.393. The fourth-order valence-electron chi connectivity index (χ4n) is 2.75. The van der Waals surface area contributed by atoms with E-state index in [1.54, 1.807) is 0 Å². The molecule has 3 aromatic carbocycles. The predicted molar refractivity (Wildman–Crippen MR) is 103 cm³/mol. The van der Waals surface area contributed by atoms with Gasteiger partial charge < -0.3 is 9.47 Å². The van der Waals surface area contributed by atoms with Crippen LogP contribution in [-0.2, 0) is 25.6 Å². The van der Waals surface area contributed by atoms with Crippen molar-refractivity contribution in [1.29, 1.82) is 0 Å². The van der Waals surface area contributed by atoms with Crippen LogP contribution in [0, 0.1) is 0 Å². The third-order valence-electron chi connectivity index (χ3n) is 4.47. The average Bonchev–Trinajstić information content (AvgIpc) is 2.76. The van der Waals surface area contributed by atoms with E-state index in [1.165, 1.54) is 42.5 Å². The Morgan fingerprint density at radius 2 is 1.12 bits per heavy atom. The molecule has 0 atom stereocenters. The fourth-order valence-corrected chi connectivity index (χ4v) is 2.75. The molecule has 9 heteroatoms. The maximum Gasteiger partial charge on any atom is 0.416 e. The highest BCUT2D eigenvalue weighted by molar-refractivity contribution is 5.80. The standard InChI is InChI=1S/C23H16F6O3/c24-22(25,26)18-5-1-15(2-6-18)13-31-20-9-10-21(17(11-20)12-30)32-14-16-3-7-19(8-4-16)23(27,28)29/h1-12H,13-14H2. The van der Waals surface area contributed by atoms with Gasteiger partial charge in [-0.05, 0) is 53.6 Å². The van der Waals surface area contributed by atoms with Crippen molar-refractivity contribution in [2.75, 3.05) is 0 Å². The van der Waals surface area contributed by atoms with E-state index < -0.39 is 23.5 Å². The quantitative estimate of drug-likeness (QED) is 0.295. The molecule has 0 aliphatic rings. The SMILES string of the molecule is O=Cc1cc(OCc2ccc(C(F)(F)F)cc2)ccc1OCc1ccc(C(F)(F)F)cc1. The van der Waals surface area contributed by atoms with E-state index in [-0.39, 0.29) is 24.5 Å².